The summed E-state index contributed by atoms with van der Waals surface area (Å²) in [4.78, 5) is 28.5. The Kier molecular flexibility index (Phi) is 4.53. The first-order valence-electron chi connectivity index (χ1n) is 8.61. The fourth-order valence-electron chi connectivity index (χ4n) is 3.19. The van der Waals surface area contributed by atoms with Crippen molar-refractivity contribution in [2.45, 2.75) is 6.42 Å². The number of carbonyl (C=O) groups excluding carboxylic acids is 2. The van der Waals surface area contributed by atoms with Crippen LogP contribution in [0.25, 0.3) is 11.0 Å². The molecule has 1 fully saturated rings. The number of rotatable bonds is 5. The Labute approximate surface area is 150 Å². The minimum absolute atomic E-state index is 0.0288. The topological polar surface area (TPSA) is 79.8 Å². The highest BCUT2D eigenvalue weighted by Gasteiger charge is 2.24. The van der Waals surface area contributed by atoms with Gasteiger partial charge in [-0.2, -0.15) is 0 Å². The lowest BCUT2D eigenvalue weighted by Gasteiger charge is -2.34. The summed E-state index contributed by atoms with van der Waals surface area (Å²) in [6.45, 7) is 2.83. The molecule has 7 heteroatoms. The lowest BCUT2D eigenvalue weighted by atomic mass is 10.1. The van der Waals surface area contributed by atoms with Gasteiger partial charge in [-0.3, -0.25) is 14.5 Å². The van der Waals surface area contributed by atoms with Gasteiger partial charge in [0.1, 0.15) is 5.69 Å². The SMILES string of the molecule is O=C(CN1CCN(C(=O)Cc2noc3ccccc23)CC1)c1ccco1. The number of ketones is 1. The van der Waals surface area contributed by atoms with Crippen molar-refractivity contribution in [3.63, 3.8) is 0 Å². The summed E-state index contributed by atoms with van der Waals surface area (Å²) in [5.41, 5.74) is 1.36. The number of aromatic nitrogens is 1. The third-order valence-electron chi connectivity index (χ3n) is 4.66. The fourth-order valence-corrected chi connectivity index (χ4v) is 3.19. The quantitative estimate of drug-likeness (QED) is 0.653. The number of fused-ring (bicyclic) bond motifs is 1. The van der Waals surface area contributed by atoms with E-state index in [1.165, 1.54) is 6.26 Å². The number of hydrogen-bond acceptors (Lipinski definition) is 6. The van der Waals surface area contributed by atoms with Crippen LogP contribution in [0.4, 0.5) is 0 Å². The van der Waals surface area contributed by atoms with Gasteiger partial charge in [0.2, 0.25) is 11.7 Å². The van der Waals surface area contributed by atoms with Gasteiger partial charge >= 0.3 is 0 Å². The van der Waals surface area contributed by atoms with Crippen LogP contribution in [0.5, 0.6) is 0 Å². The van der Waals surface area contributed by atoms with Crippen molar-refractivity contribution < 1.29 is 18.5 Å². The van der Waals surface area contributed by atoms with Crippen molar-refractivity contribution in [2.75, 3.05) is 32.7 Å². The van der Waals surface area contributed by atoms with Crippen molar-refractivity contribution in [3.05, 3.63) is 54.1 Å². The molecule has 0 aliphatic carbocycles. The summed E-state index contributed by atoms with van der Waals surface area (Å²) < 4.78 is 10.4. The molecular formula is C19H19N3O4. The van der Waals surface area contributed by atoms with E-state index in [0.29, 0.717) is 49.8 Å². The maximum Gasteiger partial charge on any atom is 0.228 e. The number of para-hydroxylation sites is 1. The average Bonchev–Trinajstić information content (AvgIpc) is 3.33. The Morgan fingerprint density at radius 2 is 1.85 bits per heavy atom. The summed E-state index contributed by atoms with van der Waals surface area (Å²) in [6.07, 6.45) is 1.72. The molecule has 0 N–H and O–H groups in total. The Bertz CT molecular complexity index is 908. The van der Waals surface area contributed by atoms with E-state index in [9.17, 15) is 9.59 Å². The normalized spacial score (nSPS) is 15.5. The number of hydrogen-bond donors (Lipinski definition) is 0. The van der Waals surface area contributed by atoms with Crippen LogP contribution in [0.15, 0.2) is 51.6 Å². The van der Waals surface area contributed by atoms with E-state index < -0.39 is 0 Å². The minimum Gasteiger partial charge on any atom is -0.461 e. The van der Waals surface area contributed by atoms with Crippen molar-refractivity contribution >= 4 is 22.7 Å². The van der Waals surface area contributed by atoms with Crippen LogP contribution in [0.2, 0.25) is 0 Å². The third-order valence-corrected chi connectivity index (χ3v) is 4.66. The van der Waals surface area contributed by atoms with Crippen molar-refractivity contribution in [2.24, 2.45) is 0 Å². The predicted molar refractivity (Wildman–Crippen MR) is 93.8 cm³/mol. The van der Waals surface area contributed by atoms with Crippen LogP contribution in [0.3, 0.4) is 0 Å². The standard InChI is InChI=1S/C19H19N3O4/c23-16(18-6-3-11-25-18)13-21-7-9-22(10-8-21)19(24)12-15-14-4-1-2-5-17(14)26-20-15/h1-6,11H,7-10,12-13H2. The summed E-state index contributed by atoms with van der Waals surface area (Å²) in [5.74, 6) is 0.367. The molecule has 1 saturated heterocycles. The molecule has 4 rings (SSSR count). The number of benzene rings is 1. The molecule has 0 saturated carbocycles. The highest BCUT2D eigenvalue weighted by molar-refractivity contribution is 5.95. The molecule has 1 aliphatic rings. The molecule has 1 aliphatic heterocycles. The van der Waals surface area contributed by atoms with E-state index in [4.69, 9.17) is 8.94 Å². The molecule has 1 amide bonds. The molecule has 0 radical (unpaired) electrons. The lowest BCUT2D eigenvalue weighted by Crippen LogP contribution is -2.50. The highest BCUT2D eigenvalue weighted by Crippen LogP contribution is 2.19. The second kappa shape index (κ2) is 7.13. The Balaban J connectivity index is 1.31. The van der Waals surface area contributed by atoms with Gasteiger partial charge in [0.15, 0.2) is 11.3 Å². The van der Waals surface area contributed by atoms with Gasteiger partial charge in [-0.05, 0) is 24.3 Å². The molecule has 0 atom stereocenters. The number of carbonyl (C=O) groups is 2. The van der Waals surface area contributed by atoms with E-state index in [-0.39, 0.29) is 18.1 Å². The molecule has 2 aromatic heterocycles. The number of Topliss-reactive ketones (excluding diaryl/α,β-unsaturated/α-hetero) is 1. The smallest absolute Gasteiger partial charge is 0.228 e. The van der Waals surface area contributed by atoms with Crippen LogP contribution in [0.1, 0.15) is 16.2 Å². The minimum atomic E-state index is -0.0381. The summed E-state index contributed by atoms with van der Waals surface area (Å²) >= 11 is 0. The van der Waals surface area contributed by atoms with Gasteiger partial charge in [-0.25, -0.2) is 0 Å². The summed E-state index contributed by atoms with van der Waals surface area (Å²) in [6, 6.07) is 10.9. The molecule has 3 aromatic rings. The molecule has 7 nitrogen and oxygen atoms in total. The van der Waals surface area contributed by atoms with E-state index in [1.54, 1.807) is 12.1 Å². The predicted octanol–water partition coefficient (Wildman–Crippen LogP) is 1.99. The van der Waals surface area contributed by atoms with Gasteiger partial charge in [0.05, 0.1) is 19.2 Å². The maximum atomic E-state index is 12.6. The Morgan fingerprint density at radius 3 is 2.62 bits per heavy atom. The molecule has 134 valence electrons. The zero-order valence-electron chi connectivity index (χ0n) is 14.3. The monoisotopic (exact) mass is 353 g/mol. The first-order valence-corrected chi connectivity index (χ1v) is 8.61. The van der Waals surface area contributed by atoms with Crippen molar-refractivity contribution in [3.8, 4) is 0 Å². The number of furan rings is 1. The molecule has 0 spiro atoms. The van der Waals surface area contributed by atoms with Crippen LogP contribution in [-0.2, 0) is 11.2 Å². The zero-order chi connectivity index (χ0) is 17.9. The van der Waals surface area contributed by atoms with Crippen molar-refractivity contribution in [1.82, 2.24) is 15.0 Å². The van der Waals surface area contributed by atoms with Crippen LogP contribution >= 0.6 is 0 Å². The first-order chi connectivity index (χ1) is 12.7. The largest absolute Gasteiger partial charge is 0.461 e. The van der Waals surface area contributed by atoms with Crippen LogP contribution in [0, 0.1) is 0 Å². The zero-order valence-corrected chi connectivity index (χ0v) is 14.3. The first kappa shape index (κ1) is 16.5. The molecule has 26 heavy (non-hydrogen) atoms. The van der Waals surface area contributed by atoms with Gasteiger partial charge < -0.3 is 13.8 Å². The van der Waals surface area contributed by atoms with E-state index in [1.807, 2.05) is 34.1 Å². The molecular weight excluding hydrogens is 334 g/mol. The van der Waals surface area contributed by atoms with Gasteiger partial charge in [-0.1, -0.05) is 17.3 Å². The van der Waals surface area contributed by atoms with Gasteiger partial charge in [0, 0.05) is 31.6 Å². The molecule has 3 heterocycles. The molecule has 1 aromatic carbocycles. The Morgan fingerprint density at radius 1 is 1.04 bits per heavy atom. The van der Waals surface area contributed by atoms with E-state index in [0.717, 1.165) is 5.39 Å². The van der Waals surface area contributed by atoms with Gasteiger partial charge in [-0.15, -0.1) is 0 Å². The average molecular weight is 353 g/mol. The highest BCUT2D eigenvalue weighted by atomic mass is 16.5. The second-order valence-electron chi connectivity index (χ2n) is 6.36. The van der Waals surface area contributed by atoms with E-state index in [2.05, 4.69) is 5.16 Å². The maximum absolute atomic E-state index is 12.6. The molecule has 0 unspecified atom stereocenters. The van der Waals surface area contributed by atoms with Crippen LogP contribution < -0.4 is 0 Å². The number of piperazine rings is 1. The second-order valence-corrected chi connectivity index (χ2v) is 6.36. The summed E-state index contributed by atoms with van der Waals surface area (Å²) in [5, 5.41) is 4.90. The van der Waals surface area contributed by atoms with Crippen LogP contribution in [-0.4, -0.2) is 59.4 Å². The summed E-state index contributed by atoms with van der Waals surface area (Å²) in [7, 11) is 0. The lowest BCUT2D eigenvalue weighted by molar-refractivity contribution is -0.132. The molecule has 0 bridgehead atoms. The van der Waals surface area contributed by atoms with E-state index >= 15 is 0 Å². The Hall–Kier alpha value is -2.93. The van der Waals surface area contributed by atoms with Crippen molar-refractivity contribution in [1.29, 1.82) is 0 Å². The fraction of sp³-hybridized carbons (Fsp3) is 0.316. The third kappa shape index (κ3) is 3.39. The number of amides is 1. The number of nitrogens with zero attached hydrogens (tertiary/aromatic N) is 3. The van der Waals surface area contributed by atoms with Gasteiger partial charge in [0.25, 0.3) is 0 Å².